The lowest BCUT2D eigenvalue weighted by Crippen LogP contribution is -2.50. The van der Waals surface area contributed by atoms with E-state index in [1.165, 1.54) is 0 Å². The van der Waals surface area contributed by atoms with E-state index in [2.05, 4.69) is 50.2 Å². The molecule has 1 aromatic carbocycles. The van der Waals surface area contributed by atoms with Crippen LogP contribution in [-0.2, 0) is 4.79 Å². The molecule has 2 aromatic heterocycles. The van der Waals surface area contributed by atoms with Crippen LogP contribution < -0.4 is 5.32 Å². The third kappa shape index (κ3) is 4.21. The minimum atomic E-state index is -0.0177. The normalized spacial score (nSPS) is 16.0. The molecule has 2 N–H and O–H groups in total. The van der Waals surface area contributed by atoms with Gasteiger partial charge in [0.1, 0.15) is 5.82 Å². The van der Waals surface area contributed by atoms with Crippen LogP contribution in [0.1, 0.15) is 13.8 Å². The number of aromatic amines is 1. The topological polar surface area (TPSA) is 77.1 Å². The molecule has 3 aromatic rings. The molecule has 3 heterocycles. The van der Waals surface area contributed by atoms with Crippen LogP contribution in [0.25, 0.3) is 21.9 Å². The van der Waals surface area contributed by atoms with E-state index in [0.717, 1.165) is 48.1 Å². The number of hydrogen-bond acceptors (Lipinski definition) is 5. The molecule has 1 aliphatic rings. The Morgan fingerprint density at radius 3 is 2.64 bits per heavy atom. The molecule has 0 aliphatic carbocycles. The SMILES string of the molecule is CC(C)N1CCN(CC(=O)Nc2cc3cc(-c4cn[nH]c4)ccc3cn2)CC1. The molecule has 0 atom stereocenters. The van der Waals surface area contributed by atoms with Crippen molar-refractivity contribution in [2.24, 2.45) is 0 Å². The number of anilines is 1. The summed E-state index contributed by atoms with van der Waals surface area (Å²) in [5.74, 6) is 0.568. The van der Waals surface area contributed by atoms with Gasteiger partial charge in [0.2, 0.25) is 5.91 Å². The van der Waals surface area contributed by atoms with Crippen molar-refractivity contribution in [3.63, 3.8) is 0 Å². The standard InChI is InChI=1S/C21H26N6O/c1-15(2)27-7-5-26(6-8-27)14-21(28)25-20-10-18-9-16(19-12-23-24-13-19)3-4-17(18)11-22-20/h3-4,9-13,15H,5-8,14H2,1-2H3,(H,23,24)(H,22,25,28). The molecule has 0 spiro atoms. The first-order chi connectivity index (χ1) is 13.6. The molecule has 1 fully saturated rings. The average molecular weight is 378 g/mol. The Kier molecular flexibility index (Phi) is 5.36. The van der Waals surface area contributed by atoms with Gasteiger partial charge < -0.3 is 5.32 Å². The van der Waals surface area contributed by atoms with Crippen LogP contribution in [0.5, 0.6) is 0 Å². The van der Waals surface area contributed by atoms with E-state index < -0.39 is 0 Å². The quantitative estimate of drug-likeness (QED) is 0.714. The highest BCUT2D eigenvalue weighted by Gasteiger charge is 2.20. The summed E-state index contributed by atoms with van der Waals surface area (Å²) < 4.78 is 0. The van der Waals surface area contributed by atoms with Gasteiger partial charge in [-0.3, -0.25) is 19.7 Å². The monoisotopic (exact) mass is 378 g/mol. The molecule has 146 valence electrons. The van der Waals surface area contributed by atoms with Crippen LogP contribution in [0, 0.1) is 0 Å². The number of aromatic nitrogens is 3. The van der Waals surface area contributed by atoms with Gasteiger partial charge in [0.15, 0.2) is 0 Å². The van der Waals surface area contributed by atoms with E-state index in [1.54, 1.807) is 12.4 Å². The van der Waals surface area contributed by atoms with Gasteiger partial charge in [-0.05, 0) is 36.9 Å². The van der Waals surface area contributed by atoms with E-state index in [4.69, 9.17) is 0 Å². The number of nitrogens with one attached hydrogen (secondary N) is 2. The van der Waals surface area contributed by atoms with Gasteiger partial charge in [0.25, 0.3) is 0 Å². The van der Waals surface area contributed by atoms with E-state index in [1.807, 2.05) is 24.4 Å². The van der Waals surface area contributed by atoms with Crippen molar-refractivity contribution in [3.8, 4) is 11.1 Å². The molecular weight excluding hydrogens is 352 g/mol. The largest absolute Gasteiger partial charge is 0.310 e. The summed E-state index contributed by atoms with van der Waals surface area (Å²) in [7, 11) is 0. The molecule has 0 bridgehead atoms. The first kappa shape index (κ1) is 18.6. The van der Waals surface area contributed by atoms with E-state index in [0.29, 0.717) is 18.4 Å². The van der Waals surface area contributed by atoms with Gasteiger partial charge in [-0.1, -0.05) is 12.1 Å². The number of H-pyrrole nitrogens is 1. The van der Waals surface area contributed by atoms with Crippen molar-refractivity contribution in [1.29, 1.82) is 0 Å². The minimum absolute atomic E-state index is 0.0177. The maximum absolute atomic E-state index is 12.5. The van der Waals surface area contributed by atoms with Gasteiger partial charge in [0.05, 0.1) is 12.7 Å². The maximum Gasteiger partial charge on any atom is 0.239 e. The zero-order chi connectivity index (χ0) is 19.5. The smallest absolute Gasteiger partial charge is 0.239 e. The number of nitrogens with zero attached hydrogens (tertiary/aromatic N) is 4. The highest BCUT2D eigenvalue weighted by Crippen LogP contribution is 2.24. The fraction of sp³-hybridized carbons (Fsp3) is 0.381. The molecule has 1 aliphatic heterocycles. The number of carbonyl (C=O) groups is 1. The van der Waals surface area contributed by atoms with Gasteiger partial charge in [-0.2, -0.15) is 5.10 Å². The summed E-state index contributed by atoms with van der Waals surface area (Å²) in [5.41, 5.74) is 2.11. The Hall–Kier alpha value is -2.77. The van der Waals surface area contributed by atoms with Gasteiger partial charge in [0, 0.05) is 55.6 Å². The van der Waals surface area contributed by atoms with E-state index in [9.17, 15) is 4.79 Å². The molecule has 28 heavy (non-hydrogen) atoms. The predicted molar refractivity (Wildman–Crippen MR) is 111 cm³/mol. The number of fused-ring (bicyclic) bond motifs is 1. The zero-order valence-corrected chi connectivity index (χ0v) is 16.4. The van der Waals surface area contributed by atoms with Crippen molar-refractivity contribution >= 4 is 22.5 Å². The van der Waals surface area contributed by atoms with Crippen LogP contribution >= 0.6 is 0 Å². The lowest BCUT2D eigenvalue weighted by molar-refractivity contribution is -0.117. The van der Waals surface area contributed by atoms with Crippen LogP contribution in [0.3, 0.4) is 0 Å². The van der Waals surface area contributed by atoms with Crippen molar-refractivity contribution < 1.29 is 4.79 Å². The van der Waals surface area contributed by atoms with Crippen LogP contribution in [0.15, 0.2) is 42.9 Å². The van der Waals surface area contributed by atoms with Crippen molar-refractivity contribution in [2.75, 3.05) is 38.0 Å². The number of carbonyl (C=O) groups excluding carboxylic acids is 1. The second kappa shape index (κ2) is 8.08. The Labute approximate surface area is 164 Å². The molecule has 0 unspecified atom stereocenters. The number of amides is 1. The molecule has 0 radical (unpaired) electrons. The summed E-state index contributed by atoms with van der Waals surface area (Å²) in [6.45, 7) is 8.69. The van der Waals surface area contributed by atoms with Gasteiger partial charge >= 0.3 is 0 Å². The van der Waals surface area contributed by atoms with Crippen molar-refractivity contribution in [1.82, 2.24) is 25.0 Å². The lowest BCUT2D eigenvalue weighted by atomic mass is 10.1. The summed E-state index contributed by atoms with van der Waals surface area (Å²) in [5, 5.41) is 11.9. The third-order valence-corrected chi connectivity index (χ3v) is 5.33. The number of piperazine rings is 1. The Balaban J connectivity index is 1.41. The third-order valence-electron chi connectivity index (χ3n) is 5.33. The molecule has 1 amide bonds. The first-order valence-corrected chi connectivity index (χ1v) is 9.74. The molecule has 4 rings (SSSR count). The summed E-state index contributed by atoms with van der Waals surface area (Å²) >= 11 is 0. The molecule has 1 saturated heterocycles. The van der Waals surface area contributed by atoms with Crippen molar-refractivity contribution in [3.05, 3.63) is 42.9 Å². The number of rotatable bonds is 5. The van der Waals surface area contributed by atoms with E-state index in [-0.39, 0.29) is 5.91 Å². The Morgan fingerprint density at radius 1 is 1.11 bits per heavy atom. The van der Waals surface area contributed by atoms with Crippen molar-refractivity contribution in [2.45, 2.75) is 19.9 Å². The van der Waals surface area contributed by atoms with Crippen LogP contribution in [-0.4, -0.2) is 69.7 Å². The lowest BCUT2D eigenvalue weighted by Gasteiger charge is -2.36. The summed E-state index contributed by atoms with van der Waals surface area (Å²) in [6.07, 6.45) is 5.46. The predicted octanol–water partition coefficient (Wildman–Crippen LogP) is 2.59. The minimum Gasteiger partial charge on any atom is -0.310 e. The summed E-state index contributed by atoms with van der Waals surface area (Å²) in [4.78, 5) is 21.5. The fourth-order valence-corrected chi connectivity index (χ4v) is 3.62. The molecule has 7 heteroatoms. The Bertz CT molecular complexity index is 945. The highest BCUT2D eigenvalue weighted by molar-refractivity contribution is 5.94. The fourth-order valence-electron chi connectivity index (χ4n) is 3.62. The average Bonchev–Trinajstić information content (AvgIpc) is 3.22. The second-order valence-corrected chi connectivity index (χ2v) is 7.57. The van der Waals surface area contributed by atoms with Crippen LogP contribution in [0.2, 0.25) is 0 Å². The molecular formula is C21H26N6O. The highest BCUT2D eigenvalue weighted by atomic mass is 16.2. The number of benzene rings is 1. The maximum atomic E-state index is 12.5. The van der Waals surface area contributed by atoms with E-state index >= 15 is 0 Å². The van der Waals surface area contributed by atoms with Gasteiger partial charge in [-0.25, -0.2) is 4.98 Å². The molecule has 7 nitrogen and oxygen atoms in total. The number of hydrogen-bond donors (Lipinski definition) is 2. The number of pyridine rings is 1. The second-order valence-electron chi connectivity index (χ2n) is 7.57. The van der Waals surface area contributed by atoms with Gasteiger partial charge in [-0.15, -0.1) is 0 Å². The molecule has 0 saturated carbocycles. The van der Waals surface area contributed by atoms with Crippen LogP contribution in [0.4, 0.5) is 5.82 Å². The summed E-state index contributed by atoms with van der Waals surface area (Å²) in [6, 6.07) is 8.65. The Morgan fingerprint density at radius 2 is 1.93 bits per heavy atom. The zero-order valence-electron chi connectivity index (χ0n) is 16.4. The first-order valence-electron chi connectivity index (χ1n) is 9.74.